The maximum atomic E-state index is 12.6. The van der Waals surface area contributed by atoms with Crippen LogP contribution in [0.2, 0.25) is 5.02 Å². The number of aromatic nitrogens is 2. The molecule has 8 heteroatoms. The van der Waals surface area contributed by atoms with E-state index in [1.165, 1.54) is 0 Å². The molecule has 0 spiro atoms. The maximum Gasteiger partial charge on any atom is 0.272 e. The van der Waals surface area contributed by atoms with Crippen LogP contribution in [0.15, 0.2) is 65.3 Å². The molecule has 2 aromatic heterocycles. The van der Waals surface area contributed by atoms with Gasteiger partial charge < -0.3 is 9.80 Å². The van der Waals surface area contributed by atoms with Crippen molar-refractivity contribution in [3.8, 4) is 11.3 Å². The Hall–Kier alpha value is -2.77. The number of hydrogen-bond donors (Lipinski definition) is 0. The van der Waals surface area contributed by atoms with Crippen LogP contribution in [0.25, 0.3) is 11.3 Å². The predicted molar refractivity (Wildman–Crippen MR) is 155 cm³/mol. The Balaban J connectivity index is 0.000000186. The second kappa shape index (κ2) is 13.3. The first kappa shape index (κ1) is 28.2. The van der Waals surface area contributed by atoms with Crippen LogP contribution >= 0.6 is 27.5 Å². The van der Waals surface area contributed by atoms with E-state index in [1.807, 2.05) is 58.3 Å². The van der Waals surface area contributed by atoms with Gasteiger partial charge in [0.05, 0.1) is 5.69 Å². The van der Waals surface area contributed by atoms with Crippen molar-refractivity contribution in [1.82, 2.24) is 19.8 Å². The number of carbonyl (C=O) groups excluding carboxylic acids is 2. The van der Waals surface area contributed by atoms with Crippen molar-refractivity contribution in [2.24, 2.45) is 11.8 Å². The summed E-state index contributed by atoms with van der Waals surface area (Å²) in [6.07, 6.45) is 4.32. The number of benzene rings is 1. The number of halogens is 2. The van der Waals surface area contributed by atoms with E-state index < -0.39 is 0 Å². The number of amides is 2. The Morgan fingerprint density at radius 1 is 0.737 bits per heavy atom. The highest BCUT2D eigenvalue weighted by Crippen LogP contribution is 2.26. The lowest BCUT2D eigenvalue weighted by atomic mass is 9.99. The van der Waals surface area contributed by atoms with E-state index in [2.05, 4.69) is 39.7 Å². The van der Waals surface area contributed by atoms with Crippen molar-refractivity contribution in [2.75, 3.05) is 26.2 Å². The van der Waals surface area contributed by atoms with Crippen LogP contribution in [0.5, 0.6) is 0 Å². The van der Waals surface area contributed by atoms with E-state index in [1.54, 1.807) is 12.1 Å². The SMILES string of the molecule is CC1CCN(C(=O)c2cccc(-c3ccccc3Cl)n2)CC1.CC1CCN(C(=O)c2cccc(Br)n2)CC1. The van der Waals surface area contributed by atoms with E-state index in [4.69, 9.17) is 11.6 Å². The van der Waals surface area contributed by atoms with Crippen molar-refractivity contribution in [2.45, 2.75) is 39.5 Å². The zero-order valence-electron chi connectivity index (χ0n) is 21.9. The van der Waals surface area contributed by atoms with Crippen LogP contribution in [0.1, 0.15) is 60.5 Å². The standard InChI is InChI=1S/C18H19ClN2O.C12H15BrN2O/c1-13-9-11-21(12-10-13)18(22)17-8-4-7-16(20-17)14-5-2-3-6-15(14)19;1-9-5-7-15(8-6-9)12(16)10-3-2-4-11(13)14-10/h2-8,13H,9-12H2,1H3;2-4,9H,5-8H2,1H3. The highest BCUT2D eigenvalue weighted by atomic mass is 79.9. The summed E-state index contributed by atoms with van der Waals surface area (Å²) in [5.74, 6) is 1.50. The molecule has 4 heterocycles. The monoisotopic (exact) mass is 596 g/mol. The van der Waals surface area contributed by atoms with Crippen LogP contribution in [0.4, 0.5) is 0 Å². The molecule has 38 heavy (non-hydrogen) atoms. The van der Waals surface area contributed by atoms with Gasteiger partial charge in [-0.05, 0) is 83.8 Å². The average Bonchev–Trinajstić information content (AvgIpc) is 2.94. The Bertz CT molecular complexity index is 1250. The number of rotatable bonds is 3. The number of hydrogen-bond acceptors (Lipinski definition) is 4. The maximum absolute atomic E-state index is 12.6. The Labute approximate surface area is 238 Å². The highest BCUT2D eigenvalue weighted by molar-refractivity contribution is 9.10. The van der Waals surface area contributed by atoms with Gasteiger partial charge in [0.1, 0.15) is 16.0 Å². The van der Waals surface area contributed by atoms with E-state index >= 15 is 0 Å². The number of nitrogens with zero attached hydrogens (tertiary/aromatic N) is 4. The van der Waals surface area contributed by atoms with Gasteiger partial charge in [0.2, 0.25) is 0 Å². The van der Waals surface area contributed by atoms with Gasteiger partial charge in [0, 0.05) is 36.8 Å². The zero-order valence-corrected chi connectivity index (χ0v) is 24.3. The van der Waals surface area contributed by atoms with Gasteiger partial charge in [0.25, 0.3) is 11.8 Å². The van der Waals surface area contributed by atoms with Gasteiger partial charge in [-0.2, -0.15) is 0 Å². The fraction of sp³-hybridized carbons (Fsp3) is 0.400. The third-order valence-corrected chi connectivity index (χ3v) is 7.97. The average molecular weight is 598 g/mol. The quantitative estimate of drug-likeness (QED) is 0.305. The summed E-state index contributed by atoms with van der Waals surface area (Å²) in [5, 5.41) is 0.645. The molecule has 3 aromatic rings. The van der Waals surface area contributed by atoms with Gasteiger partial charge in [-0.3, -0.25) is 9.59 Å². The van der Waals surface area contributed by atoms with Crippen molar-refractivity contribution < 1.29 is 9.59 Å². The Morgan fingerprint density at radius 3 is 1.76 bits per heavy atom. The fourth-order valence-electron chi connectivity index (χ4n) is 4.65. The third kappa shape index (κ3) is 7.41. The second-order valence-corrected chi connectivity index (χ2v) is 11.4. The molecule has 5 rings (SSSR count). The minimum absolute atomic E-state index is 0.0146. The predicted octanol–water partition coefficient (Wildman–Crippen LogP) is 6.99. The van der Waals surface area contributed by atoms with Crippen molar-refractivity contribution in [3.63, 3.8) is 0 Å². The lowest BCUT2D eigenvalue weighted by Gasteiger charge is -2.30. The molecule has 0 radical (unpaired) electrons. The first-order valence-electron chi connectivity index (χ1n) is 13.2. The largest absolute Gasteiger partial charge is 0.337 e. The Kier molecular flexibility index (Phi) is 9.91. The molecule has 0 bridgehead atoms. The molecule has 0 atom stereocenters. The normalized spacial score (nSPS) is 16.5. The number of likely N-dealkylation sites (tertiary alicyclic amines) is 2. The molecule has 0 saturated carbocycles. The summed E-state index contributed by atoms with van der Waals surface area (Å²) < 4.78 is 0.712. The van der Waals surface area contributed by atoms with Crippen LogP contribution in [-0.2, 0) is 0 Å². The van der Waals surface area contributed by atoms with Crippen molar-refractivity contribution in [1.29, 1.82) is 0 Å². The van der Waals surface area contributed by atoms with Gasteiger partial charge in [-0.1, -0.05) is 55.8 Å². The molecule has 6 nitrogen and oxygen atoms in total. The summed E-state index contributed by atoms with van der Waals surface area (Å²) in [7, 11) is 0. The summed E-state index contributed by atoms with van der Waals surface area (Å²) in [4.78, 5) is 37.2. The third-order valence-electron chi connectivity index (χ3n) is 7.19. The summed E-state index contributed by atoms with van der Waals surface area (Å²) >= 11 is 9.50. The molecule has 1 aromatic carbocycles. The van der Waals surface area contributed by atoms with Crippen LogP contribution in [-0.4, -0.2) is 57.8 Å². The highest BCUT2D eigenvalue weighted by Gasteiger charge is 2.23. The minimum Gasteiger partial charge on any atom is -0.337 e. The molecule has 0 N–H and O–H groups in total. The van der Waals surface area contributed by atoms with Gasteiger partial charge in [0.15, 0.2) is 0 Å². The molecule has 0 unspecified atom stereocenters. The van der Waals surface area contributed by atoms with Crippen molar-refractivity contribution in [3.05, 3.63) is 81.7 Å². The first-order chi connectivity index (χ1) is 18.3. The first-order valence-corrected chi connectivity index (χ1v) is 14.4. The molecule has 2 aliphatic rings. The molecular weight excluding hydrogens is 564 g/mol. The van der Waals surface area contributed by atoms with Crippen LogP contribution < -0.4 is 0 Å². The molecule has 2 aliphatic heterocycles. The molecular formula is C30H34BrClN4O2. The lowest BCUT2D eigenvalue weighted by molar-refractivity contribution is 0.0683. The van der Waals surface area contributed by atoms with Crippen molar-refractivity contribution >= 4 is 39.3 Å². The summed E-state index contributed by atoms with van der Waals surface area (Å²) in [6, 6.07) is 18.5. The Morgan fingerprint density at radius 2 is 1.24 bits per heavy atom. The topological polar surface area (TPSA) is 66.4 Å². The molecule has 0 aliphatic carbocycles. The summed E-state index contributed by atoms with van der Waals surface area (Å²) in [6.45, 7) is 7.82. The summed E-state index contributed by atoms with van der Waals surface area (Å²) in [5.41, 5.74) is 2.61. The number of piperidine rings is 2. The van der Waals surface area contributed by atoms with E-state index in [0.29, 0.717) is 26.9 Å². The van der Waals surface area contributed by atoms with Gasteiger partial charge in [-0.15, -0.1) is 0 Å². The molecule has 200 valence electrons. The van der Waals surface area contributed by atoms with E-state index in [-0.39, 0.29) is 11.8 Å². The van der Waals surface area contributed by atoms with Gasteiger partial charge >= 0.3 is 0 Å². The molecule has 2 amide bonds. The second-order valence-electron chi connectivity index (χ2n) is 10.2. The lowest BCUT2D eigenvalue weighted by Crippen LogP contribution is -2.38. The van der Waals surface area contributed by atoms with Gasteiger partial charge in [-0.25, -0.2) is 9.97 Å². The number of carbonyl (C=O) groups is 2. The van der Waals surface area contributed by atoms with Crippen LogP contribution in [0, 0.1) is 11.8 Å². The fourth-order valence-corrected chi connectivity index (χ4v) is 5.22. The van der Waals surface area contributed by atoms with E-state index in [9.17, 15) is 9.59 Å². The molecule has 2 fully saturated rings. The van der Waals surface area contributed by atoms with Crippen LogP contribution in [0.3, 0.4) is 0 Å². The molecule has 2 saturated heterocycles. The smallest absolute Gasteiger partial charge is 0.272 e. The van der Waals surface area contributed by atoms with E-state index in [0.717, 1.165) is 69.0 Å². The zero-order chi connectivity index (χ0) is 27.1. The minimum atomic E-state index is 0.0146. The number of pyridine rings is 2.